The maximum Gasteiger partial charge on any atom is 0.153 e. The molecule has 1 aliphatic heterocycles. The third-order valence-corrected chi connectivity index (χ3v) is 4.24. The average molecular weight is 220 g/mol. The fourth-order valence-corrected chi connectivity index (χ4v) is 3.69. The van der Waals surface area contributed by atoms with Crippen molar-refractivity contribution in [3.63, 3.8) is 0 Å². The van der Waals surface area contributed by atoms with Gasteiger partial charge in [-0.25, -0.2) is 8.42 Å². The molecule has 2 atom stereocenters. The van der Waals surface area contributed by atoms with Crippen molar-refractivity contribution < 1.29 is 18.3 Å². The number of carbonyl (C=O) groups excluding carboxylic acids is 1. The van der Waals surface area contributed by atoms with Gasteiger partial charge in [0.15, 0.2) is 9.84 Å². The summed E-state index contributed by atoms with van der Waals surface area (Å²) < 4.78 is 22.2. The second-order valence-corrected chi connectivity index (χ2v) is 6.05. The Morgan fingerprint density at radius 2 is 2.07 bits per heavy atom. The second-order valence-electron chi connectivity index (χ2n) is 3.90. The molecule has 0 aliphatic carbocycles. The lowest BCUT2D eigenvalue weighted by Crippen LogP contribution is -2.20. The van der Waals surface area contributed by atoms with Crippen molar-refractivity contribution in [2.24, 2.45) is 5.92 Å². The van der Waals surface area contributed by atoms with Crippen molar-refractivity contribution in [2.75, 3.05) is 11.5 Å². The van der Waals surface area contributed by atoms with Gasteiger partial charge in [-0.05, 0) is 6.42 Å². The van der Waals surface area contributed by atoms with Gasteiger partial charge in [0, 0.05) is 18.8 Å². The van der Waals surface area contributed by atoms with Crippen LogP contribution in [0.15, 0.2) is 0 Å². The summed E-state index contributed by atoms with van der Waals surface area (Å²) in [5, 5.41) is 9.41. The van der Waals surface area contributed by atoms with Crippen molar-refractivity contribution in [1.82, 2.24) is 0 Å². The molecule has 1 fully saturated rings. The van der Waals surface area contributed by atoms with Crippen LogP contribution in [-0.2, 0) is 14.6 Å². The number of aliphatic hydroxyl groups excluding tert-OH is 1. The predicted molar refractivity (Wildman–Crippen MR) is 52.7 cm³/mol. The van der Waals surface area contributed by atoms with Crippen LogP contribution in [0.3, 0.4) is 0 Å². The molecular weight excluding hydrogens is 204 g/mol. The second kappa shape index (κ2) is 4.40. The average Bonchev–Trinajstić information content (AvgIpc) is 2.25. The van der Waals surface area contributed by atoms with Gasteiger partial charge in [-0.2, -0.15) is 0 Å². The van der Waals surface area contributed by atoms with E-state index in [1.807, 2.05) is 6.92 Å². The molecular formula is C9H16O4S. The molecule has 4 nitrogen and oxygen atoms in total. The minimum absolute atomic E-state index is 0.0381. The molecule has 0 aromatic carbocycles. The molecule has 0 aromatic rings. The quantitative estimate of drug-likeness (QED) is 0.732. The molecule has 1 saturated heterocycles. The first-order valence-electron chi connectivity index (χ1n) is 4.85. The van der Waals surface area contributed by atoms with E-state index in [2.05, 4.69) is 0 Å². The zero-order valence-corrected chi connectivity index (χ0v) is 9.09. The molecule has 2 unspecified atom stereocenters. The number of Topliss-reactive ketones (excluding diaryl/α,β-unsaturated/α-hetero) is 1. The number of ketones is 1. The van der Waals surface area contributed by atoms with Crippen LogP contribution >= 0.6 is 0 Å². The summed E-state index contributed by atoms with van der Waals surface area (Å²) in [5.74, 6) is -0.548. The van der Waals surface area contributed by atoms with Crippen LogP contribution in [0.2, 0.25) is 0 Å². The number of carbonyl (C=O) groups is 1. The van der Waals surface area contributed by atoms with Crippen molar-refractivity contribution in [3.05, 3.63) is 0 Å². The smallest absolute Gasteiger partial charge is 0.153 e. The first-order valence-corrected chi connectivity index (χ1v) is 6.67. The van der Waals surface area contributed by atoms with Crippen molar-refractivity contribution in [3.8, 4) is 0 Å². The number of sulfone groups is 1. The molecule has 5 heteroatoms. The lowest BCUT2D eigenvalue weighted by Gasteiger charge is -2.10. The van der Waals surface area contributed by atoms with Gasteiger partial charge in [-0.15, -0.1) is 0 Å². The summed E-state index contributed by atoms with van der Waals surface area (Å²) in [6.07, 6.45) is 0.604. The lowest BCUT2D eigenvalue weighted by atomic mass is 9.98. The Hall–Kier alpha value is -0.420. The van der Waals surface area contributed by atoms with Crippen molar-refractivity contribution in [1.29, 1.82) is 0 Å². The largest absolute Gasteiger partial charge is 0.392 e. The minimum Gasteiger partial charge on any atom is -0.392 e. The van der Waals surface area contributed by atoms with Gasteiger partial charge < -0.3 is 5.11 Å². The van der Waals surface area contributed by atoms with Gasteiger partial charge in [-0.3, -0.25) is 4.79 Å². The van der Waals surface area contributed by atoms with Crippen LogP contribution in [0.4, 0.5) is 0 Å². The summed E-state index contributed by atoms with van der Waals surface area (Å²) in [6.45, 7) is 1.90. The van der Waals surface area contributed by atoms with E-state index in [0.29, 0.717) is 6.42 Å². The van der Waals surface area contributed by atoms with Gasteiger partial charge >= 0.3 is 0 Å². The fraction of sp³-hybridized carbons (Fsp3) is 0.889. The highest BCUT2D eigenvalue weighted by atomic mass is 32.2. The summed E-state index contributed by atoms with van der Waals surface area (Å²) in [4.78, 5) is 11.2. The van der Waals surface area contributed by atoms with E-state index in [1.165, 1.54) is 0 Å². The topological polar surface area (TPSA) is 71.4 Å². The highest BCUT2D eigenvalue weighted by Gasteiger charge is 2.37. The Labute approximate surface area is 84.2 Å². The minimum atomic E-state index is -3.11. The third-order valence-electron chi connectivity index (χ3n) is 2.46. The standard InChI is InChI=1S/C9H16O4S/c1-2-3-8(10)4-7-5-14(12,13)6-9(7)11/h7,9,11H,2-6H2,1H3. The molecule has 0 bridgehead atoms. The van der Waals surface area contributed by atoms with E-state index >= 15 is 0 Å². The Bertz CT molecular complexity index is 307. The van der Waals surface area contributed by atoms with E-state index in [9.17, 15) is 18.3 Å². The highest BCUT2D eigenvalue weighted by molar-refractivity contribution is 7.91. The molecule has 0 radical (unpaired) electrons. The van der Waals surface area contributed by atoms with E-state index in [4.69, 9.17) is 0 Å². The van der Waals surface area contributed by atoms with Crippen molar-refractivity contribution in [2.45, 2.75) is 32.3 Å². The number of hydrogen-bond acceptors (Lipinski definition) is 4. The summed E-state index contributed by atoms with van der Waals surface area (Å²) in [5.41, 5.74) is 0. The van der Waals surface area contributed by atoms with Crippen LogP contribution < -0.4 is 0 Å². The summed E-state index contributed by atoms with van der Waals surface area (Å²) in [6, 6.07) is 0. The Kier molecular flexibility index (Phi) is 3.66. The van der Waals surface area contributed by atoms with E-state index < -0.39 is 15.9 Å². The van der Waals surface area contributed by atoms with Gasteiger partial charge in [0.25, 0.3) is 0 Å². The first kappa shape index (κ1) is 11.7. The zero-order chi connectivity index (χ0) is 10.8. The van der Waals surface area contributed by atoms with E-state index in [1.54, 1.807) is 0 Å². The number of rotatable bonds is 4. The fourth-order valence-electron chi connectivity index (χ4n) is 1.77. The first-order chi connectivity index (χ1) is 6.44. The maximum atomic E-state index is 11.2. The van der Waals surface area contributed by atoms with Crippen LogP contribution in [0, 0.1) is 5.92 Å². The zero-order valence-electron chi connectivity index (χ0n) is 8.27. The Morgan fingerprint density at radius 1 is 1.43 bits per heavy atom. The Balaban J connectivity index is 2.51. The molecule has 0 saturated carbocycles. The molecule has 1 rings (SSSR count). The highest BCUT2D eigenvalue weighted by Crippen LogP contribution is 2.23. The predicted octanol–water partition coefficient (Wildman–Crippen LogP) is 0.151. The van der Waals surface area contributed by atoms with Crippen molar-refractivity contribution >= 4 is 15.6 Å². The van der Waals surface area contributed by atoms with Gasteiger partial charge in [-0.1, -0.05) is 6.92 Å². The van der Waals surface area contributed by atoms with Crippen LogP contribution in [0.25, 0.3) is 0 Å². The molecule has 0 amide bonds. The molecule has 0 aromatic heterocycles. The molecule has 14 heavy (non-hydrogen) atoms. The maximum absolute atomic E-state index is 11.2. The van der Waals surface area contributed by atoms with Gasteiger partial charge in [0.2, 0.25) is 0 Å². The molecule has 1 heterocycles. The van der Waals surface area contributed by atoms with Gasteiger partial charge in [0.05, 0.1) is 17.6 Å². The van der Waals surface area contributed by atoms with Crippen LogP contribution in [-0.4, -0.2) is 36.9 Å². The number of aliphatic hydroxyl groups is 1. The SMILES string of the molecule is CCCC(=O)CC1CS(=O)(=O)CC1O. The molecule has 1 N–H and O–H groups in total. The normalized spacial score (nSPS) is 30.4. The summed E-state index contributed by atoms with van der Waals surface area (Å²) in [7, 11) is -3.11. The van der Waals surface area contributed by atoms with Gasteiger partial charge in [0.1, 0.15) is 5.78 Å². The Morgan fingerprint density at radius 3 is 2.50 bits per heavy atom. The molecule has 0 spiro atoms. The molecule has 1 aliphatic rings. The third kappa shape index (κ3) is 3.06. The monoisotopic (exact) mass is 220 g/mol. The van der Waals surface area contributed by atoms with E-state index in [-0.39, 0.29) is 29.6 Å². The van der Waals surface area contributed by atoms with Crippen LogP contribution in [0.1, 0.15) is 26.2 Å². The van der Waals surface area contributed by atoms with E-state index in [0.717, 1.165) is 6.42 Å². The molecule has 82 valence electrons. The lowest BCUT2D eigenvalue weighted by molar-refractivity contribution is -0.120. The summed E-state index contributed by atoms with van der Waals surface area (Å²) >= 11 is 0. The number of hydrogen-bond donors (Lipinski definition) is 1. The van der Waals surface area contributed by atoms with Crippen LogP contribution in [0.5, 0.6) is 0 Å².